The van der Waals surface area contributed by atoms with Crippen molar-refractivity contribution in [3.8, 4) is 11.5 Å². The van der Waals surface area contributed by atoms with E-state index < -0.39 is 0 Å². The third-order valence-electron chi connectivity index (χ3n) is 4.30. The first kappa shape index (κ1) is 21.8. The molecule has 0 aliphatic carbocycles. The van der Waals surface area contributed by atoms with Gasteiger partial charge in [-0.05, 0) is 66.0 Å². The van der Waals surface area contributed by atoms with Crippen LogP contribution in [0.15, 0.2) is 46.0 Å². The van der Waals surface area contributed by atoms with E-state index in [1.807, 2.05) is 24.3 Å². The Bertz CT molecular complexity index is 836. The number of halogens is 1. The summed E-state index contributed by atoms with van der Waals surface area (Å²) in [5.74, 6) is 0.321. The number of aromatic hydroxyl groups is 1. The van der Waals surface area contributed by atoms with E-state index in [-0.39, 0.29) is 18.3 Å². The molecule has 0 unspecified atom stereocenters. The van der Waals surface area contributed by atoms with E-state index in [1.165, 1.54) is 11.8 Å². The number of nitrogens with one attached hydrogen (secondary N) is 1. The number of benzene rings is 2. The Kier molecular flexibility index (Phi) is 8.32. The second-order valence-electron chi connectivity index (χ2n) is 6.12. The van der Waals surface area contributed by atoms with Crippen molar-refractivity contribution in [2.24, 2.45) is 5.10 Å². The van der Waals surface area contributed by atoms with Crippen LogP contribution in [0.3, 0.4) is 0 Å². The summed E-state index contributed by atoms with van der Waals surface area (Å²) in [6, 6.07) is 11.1. The summed E-state index contributed by atoms with van der Waals surface area (Å²) < 4.78 is 6.31. The maximum atomic E-state index is 11.9. The topological polar surface area (TPSA) is 74.2 Å². The third-order valence-corrected chi connectivity index (χ3v) is 4.92. The summed E-state index contributed by atoms with van der Waals surface area (Å²) in [6.07, 6.45) is 2.34. The molecule has 0 aliphatic heterocycles. The Balaban J connectivity index is 1.89. The number of rotatable bonds is 9. The van der Waals surface area contributed by atoms with Crippen molar-refractivity contribution < 1.29 is 14.6 Å². The molecule has 0 saturated heterocycles. The van der Waals surface area contributed by atoms with Crippen LogP contribution in [0.1, 0.15) is 31.9 Å². The first-order chi connectivity index (χ1) is 13.5. The van der Waals surface area contributed by atoms with Gasteiger partial charge in [-0.15, -0.1) is 0 Å². The van der Waals surface area contributed by atoms with E-state index >= 15 is 0 Å². The highest BCUT2D eigenvalue weighted by Crippen LogP contribution is 2.26. The average Bonchev–Trinajstić information content (AvgIpc) is 2.69. The molecule has 0 saturated carbocycles. The Morgan fingerprint density at radius 2 is 1.96 bits per heavy atom. The minimum absolute atomic E-state index is 0.110. The number of phenols is 1. The van der Waals surface area contributed by atoms with E-state index in [9.17, 15) is 9.90 Å². The molecule has 0 aliphatic rings. The number of carbonyl (C=O) groups is 1. The van der Waals surface area contributed by atoms with Gasteiger partial charge in [0.1, 0.15) is 11.5 Å². The summed E-state index contributed by atoms with van der Waals surface area (Å²) in [4.78, 5) is 14.0. The van der Waals surface area contributed by atoms with Crippen molar-refractivity contribution in [3.63, 3.8) is 0 Å². The molecule has 1 amide bonds. The van der Waals surface area contributed by atoms with E-state index in [2.05, 4.69) is 52.1 Å². The summed E-state index contributed by atoms with van der Waals surface area (Å²) >= 11 is 3.44. The fourth-order valence-corrected chi connectivity index (χ4v) is 3.20. The van der Waals surface area contributed by atoms with Crippen LogP contribution in [-0.4, -0.2) is 36.9 Å². The quantitative estimate of drug-likeness (QED) is 0.448. The lowest BCUT2D eigenvalue weighted by Gasteiger charge is -2.21. The van der Waals surface area contributed by atoms with Crippen LogP contribution in [0.2, 0.25) is 0 Å². The van der Waals surface area contributed by atoms with Gasteiger partial charge in [0.15, 0.2) is 6.61 Å². The van der Waals surface area contributed by atoms with Gasteiger partial charge in [-0.3, -0.25) is 4.79 Å². The van der Waals surface area contributed by atoms with Crippen molar-refractivity contribution in [1.82, 2.24) is 5.43 Å². The van der Waals surface area contributed by atoms with Gasteiger partial charge in [0.2, 0.25) is 0 Å². The molecule has 2 aromatic rings. The van der Waals surface area contributed by atoms with E-state index in [4.69, 9.17) is 4.74 Å². The fourth-order valence-electron chi connectivity index (χ4n) is 2.66. The second-order valence-corrected chi connectivity index (χ2v) is 6.97. The number of aryl methyl sites for hydroxylation is 1. The van der Waals surface area contributed by atoms with E-state index in [0.717, 1.165) is 29.7 Å². The molecule has 150 valence electrons. The number of phenolic OH excluding ortho intramolecular Hbond substituents is 1. The predicted molar refractivity (Wildman–Crippen MR) is 116 cm³/mol. The monoisotopic (exact) mass is 447 g/mol. The molecule has 0 bridgehead atoms. The second kappa shape index (κ2) is 10.7. The lowest BCUT2D eigenvalue weighted by atomic mass is 10.2. The number of anilines is 1. The largest absolute Gasteiger partial charge is 0.507 e. The number of hydrogen-bond acceptors (Lipinski definition) is 5. The van der Waals surface area contributed by atoms with Gasteiger partial charge in [-0.1, -0.05) is 13.0 Å². The maximum absolute atomic E-state index is 11.9. The summed E-state index contributed by atoms with van der Waals surface area (Å²) in [5, 5.41) is 14.1. The Morgan fingerprint density at radius 3 is 2.57 bits per heavy atom. The Morgan fingerprint density at radius 1 is 1.21 bits per heavy atom. The number of nitrogens with zero attached hydrogens (tertiary/aromatic N) is 2. The molecule has 0 spiro atoms. The molecule has 0 aromatic heterocycles. The normalized spacial score (nSPS) is 10.9. The Hall–Kier alpha value is -2.54. The molecule has 0 radical (unpaired) electrons. The standard InChI is InChI=1S/C21H26BrN3O3/c1-4-15-7-10-20(18(22)11-15)28-14-21(27)24-23-13-16-8-9-17(12-19(16)26)25(5-2)6-3/h7-13,26H,4-6,14H2,1-3H3,(H,24,27). The molecular formula is C21H26BrN3O3. The number of amides is 1. The average molecular weight is 448 g/mol. The van der Waals surface area contributed by atoms with Crippen LogP contribution in [0.4, 0.5) is 5.69 Å². The Labute approximate surface area is 174 Å². The zero-order chi connectivity index (χ0) is 20.5. The lowest BCUT2D eigenvalue weighted by molar-refractivity contribution is -0.123. The summed E-state index contributed by atoms with van der Waals surface area (Å²) in [6.45, 7) is 7.75. The maximum Gasteiger partial charge on any atom is 0.277 e. The molecule has 7 heteroatoms. The number of hydrogen-bond donors (Lipinski definition) is 2. The first-order valence-electron chi connectivity index (χ1n) is 9.29. The molecule has 6 nitrogen and oxygen atoms in total. The van der Waals surface area contributed by atoms with E-state index in [1.54, 1.807) is 12.1 Å². The lowest BCUT2D eigenvalue weighted by Crippen LogP contribution is -2.24. The minimum Gasteiger partial charge on any atom is -0.507 e. The van der Waals surface area contributed by atoms with Gasteiger partial charge in [0, 0.05) is 30.4 Å². The van der Waals surface area contributed by atoms with Gasteiger partial charge < -0.3 is 14.7 Å². The zero-order valence-corrected chi connectivity index (χ0v) is 18.0. The van der Waals surface area contributed by atoms with Crippen LogP contribution in [0.25, 0.3) is 0 Å². The number of carbonyl (C=O) groups excluding carboxylic acids is 1. The van der Waals surface area contributed by atoms with Crippen LogP contribution in [-0.2, 0) is 11.2 Å². The zero-order valence-electron chi connectivity index (χ0n) is 16.4. The van der Waals surface area contributed by atoms with Crippen molar-refractivity contribution >= 4 is 33.7 Å². The van der Waals surface area contributed by atoms with Gasteiger partial charge >= 0.3 is 0 Å². The van der Waals surface area contributed by atoms with Crippen LogP contribution < -0.4 is 15.1 Å². The molecule has 28 heavy (non-hydrogen) atoms. The van der Waals surface area contributed by atoms with Gasteiger partial charge in [0.25, 0.3) is 5.91 Å². The van der Waals surface area contributed by atoms with Crippen molar-refractivity contribution in [3.05, 3.63) is 52.0 Å². The molecule has 2 N–H and O–H groups in total. The number of ether oxygens (including phenoxy) is 1. The van der Waals surface area contributed by atoms with Gasteiger partial charge in [-0.25, -0.2) is 5.43 Å². The highest BCUT2D eigenvalue weighted by atomic mass is 79.9. The molecule has 2 rings (SSSR count). The predicted octanol–water partition coefficient (Wildman–Crippen LogP) is 4.09. The SMILES string of the molecule is CCc1ccc(OCC(=O)NN=Cc2ccc(N(CC)CC)cc2O)c(Br)c1. The fraction of sp³-hybridized carbons (Fsp3) is 0.333. The minimum atomic E-state index is -0.387. The van der Waals surface area contributed by atoms with Crippen LogP contribution in [0.5, 0.6) is 11.5 Å². The highest BCUT2D eigenvalue weighted by molar-refractivity contribution is 9.10. The van der Waals surface area contributed by atoms with Gasteiger partial charge in [-0.2, -0.15) is 5.10 Å². The molecule has 0 fully saturated rings. The van der Waals surface area contributed by atoms with Gasteiger partial charge in [0.05, 0.1) is 10.7 Å². The van der Waals surface area contributed by atoms with Crippen LogP contribution in [0, 0.1) is 0 Å². The van der Waals surface area contributed by atoms with Crippen molar-refractivity contribution in [2.75, 3.05) is 24.6 Å². The highest BCUT2D eigenvalue weighted by Gasteiger charge is 2.07. The molecular weight excluding hydrogens is 422 g/mol. The van der Waals surface area contributed by atoms with Crippen molar-refractivity contribution in [2.45, 2.75) is 27.2 Å². The number of hydrazone groups is 1. The van der Waals surface area contributed by atoms with Crippen molar-refractivity contribution in [1.29, 1.82) is 0 Å². The summed E-state index contributed by atoms with van der Waals surface area (Å²) in [5.41, 5.74) is 5.04. The van der Waals surface area contributed by atoms with Crippen LogP contribution >= 0.6 is 15.9 Å². The smallest absolute Gasteiger partial charge is 0.277 e. The molecule has 0 heterocycles. The first-order valence-corrected chi connectivity index (χ1v) is 10.1. The molecule has 0 atom stereocenters. The molecule has 2 aromatic carbocycles. The summed E-state index contributed by atoms with van der Waals surface area (Å²) in [7, 11) is 0. The third kappa shape index (κ3) is 5.99. The van der Waals surface area contributed by atoms with E-state index in [0.29, 0.717) is 11.3 Å².